The van der Waals surface area contributed by atoms with Crippen molar-refractivity contribution < 1.29 is 19.1 Å². The summed E-state index contributed by atoms with van der Waals surface area (Å²) in [6.45, 7) is 6.59. The number of nitrogens with zero attached hydrogens (tertiary/aromatic N) is 2. The predicted octanol–water partition coefficient (Wildman–Crippen LogP) is 2.12. The van der Waals surface area contributed by atoms with E-state index in [-0.39, 0.29) is 29.5 Å². The maximum Gasteiger partial charge on any atom is 0.265 e. The Balaban J connectivity index is 1.99. The Morgan fingerprint density at radius 3 is 2.67 bits per heavy atom. The van der Waals surface area contributed by atoms with Gasteiger partial charge in [0.15, 0.2) is 0 Å². The number of carbonyl (C=O) groups is 3. The van der Waals surface area contributed by atoms with Crippen molar-refractivity contribution in [2.45, 2.75) is 39.7 Å². The fourth-order valence-electron chi connectivity index (χ4n) is 4.41. The number of nitriles is 1. The molecule has 3 atom stereocenters. The van der Waals surface area contributed by atoms with Gasteiger partial charge in [-0.1, -0.05) is 26.8 Å². The number of primary amides is 1. The van der Waals surface area contributed by atoms with Crippen molar-refractivity contribution in [2.75, 3.05) is 20.2 Å². The first kappa shape index (κ1) is 24.1. The lowest BCUT2D eigenvalue weighted by Crippen LogP contribution is -2.40. The van der Waals surface area contributed by atoms with Crippen LogP contribution in [-0.2, 0) is 9.59 Å². The number of ether oxygens (including phenoxy) is 1. The second-order valence-electron chi connectivity index (χ2n) is 9.60. The van der Waals surface area contributed by atoms with E-state index < -0.39 is 23.8 Å². The average Bonchev–Trinajstić information content (AvgIpc) is 3.35. The van der Waals surface area contributed by atoms with Gasteiger partial charge >= 0.3 is 0 Å². The van der Waals surface area contributed by atoms with Crippen molar-refractivity contribution in [1.29, 1.82) is 5.26 Å². The molecule has 1 saturated heterocycles. The number of aromatic nitrogens is 1. The number of hydrogen-bond acceptors (Lipinski definition) is 5. The molecule has 9 heteroatoms. The van der Waals surface area contributed by atoms with E-state index >= 15 is 0 Å². The van der Waals surface area contributed by atoms with Crippen LogP contribution < -0.4 is 21.1 Å². The number of nitrogens with one attached hydrogen (secondary N) is 2. The van der Waals surface area contributed by atoms with Crippen LogP contribution in [0.1, 0.15) is 50.1 Å². The van der Waals surface area contributed by atoms with Crippen molar-refractivity contribution in [3.05, 3.63) is 30.0 Å². The lowest BCUT2D eigenvalue weighted by Gasteiger charge is -2.29. The van der Waals surface area contributed by atoms with E-state index in [1.807, 2.05) is 26.8 Å². The van der Waals surface area contributed by atoms with Crippen molar-refractivity contribution in [3.63, 3.8) is 0 Å². The summed E-state index contributed by atoms with van der Waals surface area (Å²) in [5.41, 5.74) is 6.29. The van der Waals surface area contributed by atoms with E-state index in [0.717, 1.165) is 0 Å². The lowest BCUT2D eigenvalue weighted by molar-refractivity contribution is -0.126. The van der Waals surface area contributed by atoms with Gasteiger partial charge in [-0.15, -0.1) is 0 Å². The molecule has 2 heterocycles. The molecule has 1 fully saturated rings. The summed E-state index contributed by atoms with van der Waals surface area (Å²) in [7, 11) is 1.54. The fourth-order valence-corrected chi connectivity index (χ4v) is 4.41. The molecule has 2 aromatic rings. The molecule has 0 saturated carbocycles. The Kier molecular flexibility index (Phi) is 6.96. The maximum atomic E-state index is 13.5. The predicted molar refractivity (Wildman–Crippen MR) is 123 cm³/mol. The number of amides is 3. The van der Waals surface area contributed by atoms with Crippen molar-refractivity contribution in [2.24, 2.45) is 23.0 Å². The first-order chi connectivity index (χ1) is 15.6. The molecule has 4 N–H and O–H groups in total. The molecule has 1 aliphatic heterocycles. The van der Waals surface area contributed by atoms with Gasteiger partial charge in [0, 0.05) is 18.5 Å². The number of hydrogen-bond donors (Lipinski definition) is 3. The Bertz CT molecular complexity index is 1110. The van der Waals surface area contributed by atoms with Gasteiger partial charge < -0.3 is 25.7 Å². The summed E-state index contributed by atoms with van der Waals surface area (Å²) in [5.74, 6) is -1.68. The molecule has 0 spiro atoms. The fraction of sp³-hybridized carbons (Fsp3) is 0.500. The molecular weight excluding hydrogens is 422 g/mol. The number of benzene rings is 1. The zero-order valence-corrected chi connectivity index (χ0v) is 19.5. The summed E-state index contributed by atoms with van der Waals surface area (Å²) in [5, 5.41) is 15.8. The number of methoxy groups -OCH3 is 1. The average molecular weight is 454 g/mol. The van der Waals surface area contributed by atoms with E-state index in [0.29, 0.717) is 36.0 Å². The van der Waals surface area contributed by atoms with Crippen LogP contribution in [-0.4, -0.2) is 42.5 Å². The molecule has 3 amide bonds. The topological polar surface area (TPSA) is 139 Å². The highest BCUT2D eigenvalue weighted by Crippen LogP contribution is 2.36. The van der Waals surface area contributed by atoms with E-state index in [4.69, 9.17) is 10.5 Å². The van der Waals surface area contributed by atoms with Gasteiger partial charge in [-0.25, -0.2) is 0 Å². The second-order valence-corrected chi connectivity index (χ2v) is 9.60. The van der Waals surface area contributed by atoms with Crippen LogP contribution in [0.25, 0.3) is 10.9 Å². The summed E-state index contributed by atoms with van der Waals surface area (Å²) in [6.07, 6.45) is 0.980. The molecule has 0 bridgehead atoms. The molecule has 33 heavy (non-hydrogen) atoms. The molecule has 0 aliphatic carbocycles. The first-order valence-electron chi connectivity index (χ1n) is 11.0. The number of fused-ring (bicyclic) bond motifs is 1. The van der Waals surface area contributed by atoms with Crippen LogP contribution in [0.15, 0.2) is 24.3 Å². The Labute approximate surface area is 193 Å². The summed E-state index contributed by atoms with van der Waals surface area (Å²) >= 11 is 0. The highest BCUT2D eigenvalue weighted by atomic mass is 16.5. The molecule has 1 aromatic carbocycles. The minimum atomic E-state index is -0.756. The van der Waals surface area contributed by atoms with Crippen LogP contribution in [0.2, 0.25) is 0 Å². The molecule has 1 aliphatic rings. The van der Waals surface area contributed by atoms with Crippen LogP contribution in [0.5, 0.6) is 5.75 Å². The van der Waals surface area contributed by atoms with Gasteiger partial charge in [0.2, 0.25) is 11.8 Å². The quantitative estimate of drug-likeness (QED) is 0.562. The summed E-state index contributed by atoms with van der Waals surface area (Å²) in [6, 6.07) is 8.42. The lowest BCUT2D eigenvalue weighted by atomic mass is 9.87. The maximum absolute atomic E-state index is 13.5. The van der Waals surface area contributed by atoms with Gasteiger partial charge in [-0.05, 0) is 36.5 Å². The molecule has 176 valence electrons. The van der Waals surface area contributed by atoms with Gasteiger partial charge in [-0.2, -0.15) is 5.26 Å². The number of rotatable bonds is 8. The summed E-state index contributed by atoms with van der Waals surface area (Å²) in [4.78, 5) is 37.8. The van der Waals surface area contributed by atoms with Gasteiger partial charge in [0.25, 0.3) is 5.91 Å². The first-order valence-corrected chi connectivity index (χ1v) is 11.0. The molecule has 9 nitrogen and oxygen atoms in total. The largest absolute Gasteiger partial charge is 0.496 e. The van der Waals surface area contributed by atoms with Crippen molar-refractivity contribution in [1.82, 2.24) is 15.2 Å². The smallest absolute Gasteiger partial charge is 0.265 e. The Morgan fingerprint density at radius 2 is 2.12 bits per heavy atom. The van der Waals surface area contributed by atoms with Crippen molar-refractivity contribution in [3.8, 4) is 11.8 Å². The minimum Gasteiger partial charge on any atom is -0.496 e. The Morgan fingerprint density at radius 1 is 1.39 bits per heavy atom. The zero-order valence-electron chi connectivity index (χ0n) is 19.5. The third-order valence-electron chi connectivity index (χ3n) is 5.97. The van der Waals surface area contributed by atoms with Crippen LogP contribution in [0, 0.1) is 28.6 Å². The normalized spacial score (nSPS) is 17.8. The third-order valence-corrected chi connectivity index (χ3v) is 5.97. The van der Waals surface area contributed by atoms with Gasteiger partial charge in [0.1, 0.15) is 17.5 Å². The standard InChI is InChI=1S/C24H31N5O4/c1-24(2,3)11-19(23(32)28-13-14(12-25)15-8-9-27-22(15)31)29-17-6-5-7-20(33-4)16(17)10-18(29)21(26)30/h5-7,10,14-15,19H,8-9,11,13H2,1-4H3,(H2,26,30)(H,27,31)(H,28,32)/t14-,15+,19+/m1/s1. The number of nitrogens with two attached hydrogens (primary N) is 1. The van der Waals surface area contributed by atoms with Crippen molar-refractivity contribution >= 4 is 28.6 Å². The number of carbonyl (C=O) groups excluding carboxylic acids is 3. The molecule has 3 rings (SSSR count). The molecule has 1 aromatic heterocycles. The Hall–Kier alpha value is -3.54. The van der Waals surface area contributed by atoms with E-state index in [1.54, 1.807) is 22.8 Å². The van der Waals surface area contributed by atoms with E-state index in [1.165, 1.54) is 7.11 Å². The SMILES string of the molecule is COc1cccc2c1cc(C(N)=O)n2[C@@H](CC(C)(C)C)C(=O)NC[C@@H](C#N)[C@@H]1CCNC1=O. The summed E-state index contributed by atoms with van der Waals surface area (Å²) < 4.78 is 7.09. The second kappa shape index (κ2) is 9.53. The van der Waals surface area contributed by atoms with Crippen LogP contribution in [0.4, 0.5) is 0 Å². The highest BCUT2D eigenvalue weighted by molar-refractivity contribution is 6.01. The zero-order chi connectivity index (χ0) is 24.3. The van der Waals surface area contributed by atoms with Gasteiger partial charge in [0.05, 0.1) is 30.5 Å². The van der Waals surface area contributed by atoms with E-state index in [2.05, 4.69) is 16.7 Å². The molecule has 0 unspecified atom stereocenters. The third kappa shape index (κ3) is 5.11. The molecule has 0 radical (unpaired) electrons. The minimum absolute atomic E-state index is 0.0441. The monoisotopic (exact) mass is 453 g/mol. The van der Waals surface area contributed by atoms with Crippen LogP contribution >= 0.6 is 0 Å². The highest BCUT2D eigenvalue weighted by Gasteiger charge is 2.35. The van der Waals surface area contributed by atoms with Gasteiger partial charge in [-0.3, -0.25) is 14.4 Å². The molecular formula is C24H31N5O4. The van der Waals surface area contributed by atoms with Crippen LogP contribution in [0.3, 0.4) is 0 Å². The van der Waals surface area contributed by atoms with E-state index in [9.17, 15) is 19.6 Å².